The zero-order chi connectivity index (χ0) is 23.0. The molecule has 1 aromatic heterocycles. The molecule has 2 heterocycles. The Labute approximate surface area is 193 Å². The molecule has 2 aromatic carbocycles. The Hall–Kier alpha value is -3.45. The van der Waals surface area contributed by atoms with Crippen LogP contribution >= 0.6 is 0 Å². The van der Waals surface area contributed by atoms with Crippen molar-refractivity contribution in [2.24, 2.45) is 5.92 Å². The van der Waals surface area contributed by atoms with Crippen molar-refractivity contribution in [3.8, 4) is 0 Å². The Morgan fingerprint density at radius 3 is 2.39 bits per heavy atom. The lowest BCUT2D eigenvalue weighted by Crippen LogP contribution is -2.45. The van der Waals surface area contributed by atoms with Crippen LogP contribution in [-0.4, -0.2) is 36.3 Å². The highest BCUT2D eigenvalue weighted by Gasteiger charge is 2.27. The lowest BCUT2D eigenvalue weighted by molar-refractivity contribution is -0.126. The van der Waals surface area contributed by atoms with Crippen LogP contribution in [-0.2, 0) is 22.7 Å². The number of furan rings is 1. The number of hydrogen-bond acceptors (Lipinski definition) is 4. The fraction of sp³-hybridized carbons (Fsp3) is 0.308. The van der Waals surface area contributed by atoms with Crippen molar-refractivity contribution in [1.82, 2.24) is 10.2 Å². The molecule has 0 aliphatic carbocycles. The molecule has 6 nitrogen and oxygen atoms in total. The second-order valence-electron chi connectivity index (χ2n) is 8.29. The van der Waals surface area contributed by atoms with Gasteiger partial charge in [0.15, 0.2) is 0 Å². The van der Waals surface area contributed by atoms with Gasteiger partial charge in [-0.05, 0) is 67.9 Å². The van der Waals surface area contributed by atoms with E-state index in [4.69, 9.17) is 4.42 Å². The van der Waals surface area contributed by atoms with Crippen LogP contribution in [0.5, 0.6) is 0 Å². The monoisotopic (exact) mass is 449 g/mol. The van der Waals surface area contributed by atoms with Gasteiger partial charge in [0.25, 0.3) is 0 Å². The molecule has 0 radical (unpaired) electrons. The minimum Gasteiger partial charge on any atom is -0.467 e. The number of nitrogens with one attached hydrogen (secondary N) is 1. The van der Waals surface area contributed by atoms with Gasteiger partial charge in [0, 0.05) is 18.2 Å². The number of halogens is 1. The van der Waals surface area contributed by atoms with Crippen molar-refractivity contribution in [2.45, 2.75) is 25.9 Å². The first-order valence-electron chi connectivity index (χ1n) is 11.2. The third-order valence-corrected chi connectivity index (χ3v) is 5.96. The van der Waals surface area contributed by atoms with Crippen LogP contribution < -0.4 is 10.2 Å². The highest BCUT2D eigenvalue weighted by Crippen LogP contribution is 2.21. The van der Waals surface area contributed by atoms with Crippen molar-refractivity contribution >= 4 is 17.5 Å². The Morgan fingerprint density at radius 2 is 1.73 bits per heavy atom. The van der Waals surface area contributed by atoms with Crippen LogP contribution in [0.15, 0.2) is 77.4 Å². The van der Waals surface area contributed by atoms with Crippen LogP contribution in [0.3, 0.4) is 0 Å². The zero-order valence-electron chi connectivity index (χ0n) is 18.5. The number of carbonyl (C=O) groups excluding carboxylic acids is 2. The normalized spacial score (nSPS) is 14.7. The van der Waals surface area contributed by atoms with E-state index in [1.807, 2.05) is 42.5 Å². The molecule has 1 fully saturated rings. The highest BCUT2D eigenvalue weighted by molar-refractivity contribution is 5.94. The summed E-state index contributed by atoms with van der Waals surface area (Å²) < 4.78 is 18.5. The van der Waals surface area contributed by atoms with Gasteiger partial charge >= 0.3 is 0 Å². The standard InChI is InChI=1S/C26H28FN3O3/c27-22-10-8-20(9-11-22)17-28-26(32)21-12-14-29(15-13-21)19-25(31)30(18-24-7-4-16-33-24)23-5-2-1-3-6-23/h1-11,16,21H,12-15,17-19H2,(H,28,32). The van der Waals surface area contributed by atoms with Gasteiger partial charge in [-0.1, -0.05) is 30.3 Å². The minimum absolute atomic E-state index is 0.00295. The summed E-state index contributed by atoms with van der Waals surface area (Å²) in [5, 5.41) is 2.94. The average molecular weight is 450 g/mol. The van der Waals surface area contributed by atoms with Crippen LogP contribution in [0.2, 0.25) is 0 Å². The van der Waals surface area contributed by atoms with E-state index in [0.717, 1.165) is 17.0 Å². The van der Waals surface area contributed by atoms with Gasteiger partial charge in [0.05, 0.1) is 19.4 Å². The van der Waals surface area contributed by atoms with Crippen LogP contribution in [0.25, 0.3) is 0 Å². The molecule has 2 amide bonds. The van der Waals surface area contributed by atoms with Crippen molar-refractivity contribution in [1.29, 1.82) is 0 Å². The van der Waals surface area contributed by atoms with E-state index in [-0.39, 0.29) is 23.5 Å². The molecule has 0 atom stereocenters. The molecular weight excluding hydrogens is 421 g/mol. The van der Waals surface area contributed by atoms with Gasteiger partial charge in [0.2, 0.25) is 11.8 Å². The Balaban J connectivity index is 1.28. The number of benzene rings is 2. The van der Waals surface area contributed by atoms with Crippen LogP contribution in [0, 0.1) is 11.7 Å². The maximum atomic E-state index is 13.2. The smallest absolute Gasteiger partial charge is 0.241 e. The van der Waals surface area contributed by atoms with E-state index in [2.05, 4.69) is 10.2 Å². The van der Waals surface area contributed by atoms with E-state index in [0.29, 0.717) is 45.6 Å². The Kier molecular flexibility index (Phi) is 7.52. The summed E-state index contributed by atoms with van der Waals surface area (Å²) in [7, 11) is 0. The Bertz CT molecular complexity index is 1030. The van der Waals surface area contributed by atoms with Crippen molar-refractivity contribution in [2.75, 3.05) is 24.5 Å². The third kappa shape index (κ3) is 6.29. The first-order chi connectivity index (χ1) is 16.1. The summed E-state index contributed by atoms with van der Waals surface area (Å²) in [6.45, 7) is 2.42. The maximum absolute atomic E-state index is 13.2. The van der Waals surface area contributed by atoms with Crippen LogP contribution in [0.4, 0.5) is 10.1 Å². The molecule has 4 rings (SSSR count). The van der Waals surface area contributed by atoms with E-state index in [9.17, 15) is 14.0 Å². The second kappa shape index (κ2) is 10.9. The predicted molar refractivity (Wildman–Crippen MR) is 124 cm³/mol. The second-order valence-corrected chi connectivity index (χ2v) is 8.29. The third-order valence-electron chi connectivity index (χ3n) is 5.96. The molecule has 0 saturated carbocycles. The van der Waals surface area contributed by atoms with Gasteiger partial charge in [-0.15, -0.1) is 0 Å². The number of hydrogen-bond donors (Lipinski definition) is 1. The molecule has 172 valence electrons. The fourth-order valence-electron chi connectivity index (χ4n) is 4.06. The van der Waals surface area contributed by atoms with Crippen molar-refractivity contribution in [3.63, 3.8) is 0 Å². The van der Waals surface area contributed by atoms with E-state index in [1.54, 1.807) is 23.3 Å². The van der Waals surface area contributed by atoms with Gasteiger partial charge in [-0.2, -0.15) is 0 Å². The quantitative estimate of drug-likeness (QED) is 0.565. The lowest BCUT2D eigenvalue weighted by atomic mass is 9.95. The van der Waals surface area contributed by atoms with Gasteiger partial charge in [-0.25, -0.2) is 4.39 Å². The molecule has 33 heavy (non-hydrogen) atoms. The maximum Gasteiger partial charge on any atom is 0.241 e. The number of rotatable bonds is 8. The van der Waals surface area contributed by atoms with Crippen molar-refractivity contribution < 1.29 is 18.4 Å². The predicted octanol–water partition coefficient (Wildman–Crippen LogP) is 3.98. The summed E-state index contributed by atoms with van der Waals surface area (Å²) in [4.78, 5) is 29.6. The van der Waals surface area contributed by atoms with Gasteiger partial charge in [0.1, 0.15) is 11.6 Å². The number of para-hydroxylation sites is 1. The number of carbonyl (C=O) groups is 2. The zero-order valence-corrected chi connectivity index (χ0v) is 18.5. The van der Waals surface area contributed by atoms with E-state index in [1.165, 1.54) is 12.1 Å². The topological polar surface area (TPSA) is 65.8 Å². The minimum atomic E-state index is -0.290. The van der Waals surface area contributed by atoms with Crippen molar-refractivity contribution in [3.05, 3.63) is 90.1 Å². The molecule has 1 saturated heterocycles. The summed E-state index contributed by atoms with van der Waals surface area (Å²) in [6, 6.07) is 19.4. The van der Waals surface area contributed by atoms with E-state index < -0.39 is 0 Å². The molecule has 0 unspecified atom stereocenters. The number of piperidine rings is 1. The average Bonchev–Trinajstić information content (AvgIpc) is 3.36. The first-order valence-corrected chi connectivity index (χ1v) is 11.2. The number of amides is 2. The molecule has 1 aliphatic rings. The van der Waals surface area contributed by atoms with Crippen LogP contribution in [0.1, 0.15) is 24.2 Å². The molecular formula is C26H28FN3O3. The summed E-state index contributed by atoms with van der Waals surface area (Å²) >= 11 is 0. The van der Waals surface area contributed by atoms with Gasteiger partial charge < -0.3 is 14.6 Å². The molecule has 1 aliphatic heterocycles. The molecule has 7 heteroatoms. The molecule has 0 bridgehead atoms. The Morgan fingerprint density at radius 1 is 1.00 bits per heavy atom. The number of nitrogens with zero attached hydrogens (tertiary/aromatic N) is 2. The molecule has 3 aromatic rings. The molecule has 0 spiro atoms. The molecule has 1 N–H and O–H groups in total. The number of anilines is 1. The first kappa shape index (κ1) is 22.7. The number of likely N-dealkylation sites (tertiary alicyclic amines) is 1. The lowest BCUT2D eigenvalue weighted by Gasteiger charge is -2.32. The summed E-state index contributed by atoms with van der Waals surface area (Å²) in [5.74, 6) is 0.363. The SMILES string of the molecule is O=C(NCc1ccc(F)cc1)C1CCN(CC(=O)N(Cc2ccco2)c2ccccc2)CC1. The van der Waals surface area contributed by atoms with E-state index >= 15 is 0 Å². The largest absolute Gasteiger partial charge is 0.467 e. The summed E-state index contributed by atoms with van der Waals surface area (Å²) in [5.41, 5.74) is 1.69. The fourth-order valence-corrected chi connectivity index (χ4v) is 4.06. The van der Waals surface area contributed by atoms with Gasteiger partial charge in [-0.3, -0.25) is 14.5 Å². The summed E-state index contributed by atoms with van der Waals surface area (Å²) in [6.07, 6.45) is 3.01. The highest BCUT2D eigenvalue weighted by atomic mass is 19.1.